The number of carbonyl (C=O) groups excluding carboxylic acids is 1. The summed E-state index contributed by atoms with van der Waals surface area (Å²) in [5, 5.41) is 13.1. The fourth-order valence-electron chi connectivity index (χ4n) is 2.55. The molecule has 0 saturated heterocycles. The van der Waals surface area contributed by atoms with Crippen molar-refractivity contribution < 1.29 is 9.90 Å². The highest BCUT2D eigenvalue weighted by atomic mass is 16.3. The van der Waals surface area contributed by atoms with Crippen LogP contribution in [0.1, 0.15) is 32.3 Å². The second kappa shape index (κ2) is 7.57. The zero-order valence-electron chi connectivity index (χ0n) is 13.0. The fraction of sp³-hybridized carbons (Fsp3) is 0.588. The van der Waals surface area contributed by atoms with Crippen molar-refractivity contribution in [1.29, 1.82) is 0 Å². The molecule has 1 amide bonds. The summed E-state index contributed by atoms with van der Waals surface area (Å²) in [6.07, 6.45) is 2.40. The molecule has 0 aromatic heterocycles. The van der Waals surface area contributed by atoms with Gasteiger partial charge in [0.2, 0.25) is 5.91 Å². The largest absolute Gasteiger partial charge is 0.391 e. The van der Waals surface area contributed by atoms with Crippen molar-refractivity contribution in [3.05, 3.63) is 35.9 Å². The van der Waals surface area contributed by atoms with Crippen molar-refractivity contribution >= 4 is 5.91 Å². The van der Waals surface area contributed by atoms with Crippen LogP contribution in [0.25, 0.3) is 0 Å². The molecular formula is C17H26N2O2. The number of aliphatic hydroxyl groups excluding tert-OH is 1. The van der Waals surface area contributed by atoms with Gasteiger partial charge < -0.3 is 10.4 Å². The lowest BCUT2D eigenvalue weighted by molar-refractivity contribution is -0.123. The quantitative estimate of drug-likeness (QED) is 0.764. The smallest absolute Gasteiger partial charge is 0.234 e. The number of amides is 1. The Morgan fingerprint density at radius 2 is 2.05 bits per heavy atom. The predicted octanol–water partition coefficient (Wildman–Crippen LogP) is 1.58. The number of hydrogen-bond donors (Lipinski definition) is 2. The van der Waals surface area contributed by atoms with Crippen LogP contribution in [0.5, 0.6) is 0 Å². The van der Waals surface area contributed by atoms with E-state index >= 15 is 0 Å². The first-order chi connectivity index (χ1) is 10.1. The zero-order valence-corrected chi connectivity index (χ0v) is 13.0. The van der Waals surface area contributed by atoms with Crippen molar-refractivity contribution in [3.63, 3.8) is 0 Å². The van der Waals surface area contributed by atoms with Crippen LogP contribution in [-0.4, -0.2) is 47.2 Å². The molecule has 1 aliphatic carbocycles. The summed E-state index contributed by atoms with van der Waals surface area (Å²) in [6, 6.07) is 10.2. The Kier molecular flexibility index (Phi) is 5.76. The lowest BCUT2D eigenvalue weighted by Gasteiger charge is -2.23. The molecule has 21 heavy (non-hydrogen) atoms. The second-order valence-electron chi connectivity index (χ2n) is 5.91. The van der Waals surface area contributed by atoms with Crippen LogP contribution in [0.2, 0.25) is 0 Å². The lowest BCUT2D eigenvalue weighted by atomic mass is 10.0. The van der Waals surface area contributed by atoms with Gasteiger partial charge in [0, 0.05) is 12.5 Å². The maximum Gasteiger partial charge on any atom is 0.234 e. The third kappa shape index (κ3) is 5.14. The van der Waals surface area contributed by atoms with Crippen LogP contribution in [0.3, 0.4) is 0 Å². The van der Waals surface area contributed by atoms with Crippen molar-refractivity contribution in [2.45, 2.75) is 51.3 Å². The SMILES string of the molecule is CCN(CC(=O)NC(C)C(O)Cc1ccccc1)C1CC1. The Morgan fingerprint density at radius 1 is 1.38 bits per heavy atom. The molecule has 0 aliphatic heterocycles. The van der Waals surface area contributed by atoms with E-state index in [9.17, 15) is 9.90 Å². The van der Waals surface area contributed by atoms with Gasteiger partial charge in [-0.1, -0.05) is 37.3 Å². The van der Waals surface area contributed by atoms with Gasteiger partial charge >= 0.3 is 0 Å². The maximum absolute atomic E-state index is 12.0. The molecule has 1 fully saturated rings. The molecule has 2 atom stereocenters. The van der Waals surface area contributed by atoms with Gasteiger partial charge in [0.05, 0.1) is 18.7 Å². The molecule has 2 N–H and O–H groups in total. The molecule has 1 aromatic rings. The van der Waals surface area contributed by atoms with Crippen molar-refractivity contribution in [2.75, 3.05) is 13.1 Å². The average Bonchev–Trinajstić information content (AvgIpc) is 3.30. The summed E-state index contributed by atoms with van der Waals surface area (Å²) < 4.78 is 0. The molecule has 0 heterocycles. The zero-order chi connectivity index (χ0) is 15.2. The molecule has 1 aliphatic rings. The summed E-state index contributed by atoms with van der Waals surface area (Å²) in [7, 11) is 0. The summed E-state index contributed by atoms with van der Waals surface area (Å²) in [5.74, 6) is 0.00311. The van der Waals surface area contributed by atoms with Crippen LogP contribution in [0.15, 0.2) is 30.3 Å². The Morgan fingerprint density at radius 3 is 2.62 bits per heavy atom. The normalized spacial score (nSPS) is 17.5. The predicted molar refractivity (Wildman–Crippen MR) is 84.0 cm³/mol. The van der Waals surface area contributed by atoms with E-state index in [4.69, 9.17) is 0 Å². The summed E-state index contributed by atoms with van der Waals surface area (Å²) >= 11 is 0. The maximum atomic E-state index is 12.0. The van der Waals surface area contributed by atoms with Crippen LogP contribution >= 0.6 is 0 Å². The lowest BCUT2D eigenvalue weighted by Crippen LogP contribution is -2.46. The number of aliphatic hydroxyl groups is 1. The fourth-order valence-corrected chi connectivity index (χ4v) is 2.55. The van der Waals surface area contributed by atoms with Crippen LogP contribution in [0, 0.1) is 0 Å². The molecule has 4 heteroatoms. The molecular weight excluding hydrogens is 264 g/mol. The number of hydrogen-bond acceptors (Lipinski definition) is 3. The molecule has 0 spiro atoms. The third-order valence-corrected chi connectivity index (χ3v) is 4.07. The summed E-state index contributed by atoms with van der Waals surface area (Å²) in [6.45, 7) is 5.28. The minimum absolute atomic E-state index is 0.00311. The van der Waals surface area contributed by atoms with Gasteiger partial charge in [-0.2, -0.15) is 0 Å². The van der Waals surface area contributed by atoms with E-state index in [-0.39, 0.29) is 11.9 Å². The molecule has 0 bridgehead atoms. The molecule has 116 valence electrons. The monoisotopic (exact) mass is 290 g/mol. The third-order valence-electron chi connectivity index (χ3n) is 4.07. The van der Waals surface area contributed by atoms with Gasteiger partial charge in [-0.25, -0.2) is 0 Å². The highest BCUT2D eigenvalue weighted by Crippen LogP contribution is 2.25. The highest BCUT2D eigenvalue weighted by molar-refractivity contribution is 5.78. The summed E-state index contributed by atoms with van der Waals surface area (Å²) in [4.78, 5) is 14.2. The van der Waals surface area contributed by atoms with Gasteiger partial charge in [-0.05, 0) is 31.9 Å². The Balaban J connectivity index is 1.77. The van der Waals surface area contributed by atoms with E-state index in [0.717, 1.165) is 12.1 Å². The average molecular weight is 290 g/mol. The molecule has 1 saturated carbocycles. The van der Waals surface area contributed by atoms with E-state index in [1.54, 1.807) is 0 Å². The molecule has 4 nitrogen and oxygen atoms in total. The Hall–Kier alpha value is -1.39. The van der Waals surface area contributed by atoms with Crippen molar-refractivity contribution in [3.8, 4) is 0 Å². The van der Waals surface area contributed by atoms with Crippen molar-refractivity contribution in [1.82, 2.24) is 10.2 Å². The van der Waals surface area contributed by atoms with Crippen LogP contribution in [0.4, 0.5) is 0 Å². The van der Waals surface area contributed by atoms with Crippen LogP contribution in [-0.2, 0) is 11.2 Å². The first kappa shape index (κ1) is 16.0. The minimum Gasteiger partial charge on any atom is -0.391 e. The number of rotatable bonds is 8. The molecule has 1 aromatic carbocycles. The highest BCUT2D eigenvalue weighted by Gasteiger charge is 2.29. The molecule has 2 rings (SSSR count). The topological polar surface area (TPSA) is 52.6 Å². The van der Waals surface area contributed by atoms with Gasteiger partial charge in [0.15, 0.2) is 0 Å². The number of nitrogens with one attached hydrogen (secondary N) is 1. The van der Waals surface area contributed by atoms with Crippen molar-refractivity contribution in [2.24, 2.45) is 0 Å². The minimum atomic E-state index is -0.563. The van der Waals surface area contributed by atoms with Gasteiger partial charge in [0.25, 0.3) is 0 Å². The van der Waals surface area contributed by atoms with E-state index in [2.05, 4.69) is 17.1 Å². The van der Waals surface area contributed by atoms with E-state index in [0.29, 0.717) is 19.0 Å². The Bertz CT molecular complexity index is 445. The number of likely N-dealkylation sites (N-methyl/N-ethyl adjacent to an activating group) is 1. The van der Waals surface area contributed by atoms with E-state index in [1.807, 2.05) is 37.3 Å². The standard InChI is InChI=1S/C17H26N2O2/c1-3-19(15-9-10-15)12-17(21)18-13(2)16(20)11-14-7-5-4-6-8-14/h4-8,13,15-16,20H,3,9-12H2,1-2H3,(H,18,21). The van der Waals surface area contributed by atoms with E-state index < -0.39 is 6.10 Å². The van der Waals surface area contributed by atoms with Gasteiger partial charge in [-0.3, -0.25) is 9.69 Å². The Labute approximate surface area is 127 Å². The van der Waals surface area contributed by atoms with Crippen LogP contribution < -0.4 is 5.32 Å². The van der Waals surface area contributed by atoms with Gasteiger partial charge in [0.1, 0.15) is 0 Å². The summed E-state index contributed by atoms with van der Waals surface area (Å²) in [5.41, 5.74) is 1.08. The molecule has 2 unspecified atom stereocenters. The number of nitrogens with zero attached hydrogens (tertiary/aromatic N) is 1. The van der Waals surface area contributed by atoms with Gasteiger partial charge in [-0.15, -0.1) is 0 Å². The first-order valence-electron chi connectivity index (χ1n) is 7.85. The number of carbonyl (C=O) groups is 1. The first-order valence-corrected chi connectivity index (χ1v) is 7.85. The second-order valence-corrected chi connectivity index (χ2v) is 5.91. The number of benzene rings is 1. The molecule has 0 radical (unpaired) electrons. The van der Waals surface area contributed by atoms with E-state index in [1.165, 1.54) is 12.8 Å².